The zero-order chi connectivity index (χ0) is 11.5. The van der Waals surface area contributed by atoms with Crippen molar-refractivity contribution in [1.82, 2.24) is 4.98 Å². The van der Waals surface area contributed by atoms with Crippen LogP contribution in [0, 0.1) is 0 Å². The van der Waals surface area contributed by atoms with Gasteiger partial charge in [0.15, 0.2) is 0 Å². The molecule has 0 aliphatic heterocycles. The smallest absolute Gasteiger partial charge is 0.133 e. The minimum atomic E-state index is 0.573. The van der Waals surface area contributed by atoms with Crippen molar-refractivity contribution in [2.45, 2.75) is 0 Å². The molecule has 84 valence electrons. The van der Waals surface area contributed by atoms with Crippen molar-refractivity contribution >= 4 is 38.2 Å². The summed E-state index contributed by atoms with van der Waals surface area (Å²) in [4.78, 5) is 4.28. The Morgan fingerprint density at radius 2 is 2.06 bits per heavy atom. The standard InChI is InChI=1S/C11H13BrN4/c12-9-2-1-8-7(10(9)14)3-5-15-11(8)16-6-4-13/h1-3,5H,4,6,13-14H2,(H,15,16). The van der Waals surface area contributed by atoms with Crippen LogP contribution in [0.1, 0.15) is 0 Å². The summed E-state index contributed by atoms with van der Waals surface area (Å²) in [5.41, 5.74) is 12.2. The van der Waals surface area contributed by atoms with E-state index in [4.69, 9.17) is 11.5 Å². The maximum Gasteiger partial charge on any atom is 0.133 e. The highest BCUT2D eigenvalue weighted by molar-refractivity contribution is 9.10. The molecule has 0 spiro atoms. The molecule has 0 saturated carbocycles. The lowest BCUT2D eigenvalue weighted by atomic mass is 10.1. The predicted octanol–water partition coefficient (Wildman–Crippen LogP) is 1.95. The molecule has 0 aliphatic rings. The number of hydrogen-bond donors (Lipinski definition) is 3. The second kappa shape index (κ2) is 4.67. The minimum Gasteiger partial charge on any atom is -0.397 e. The highest BCUT2D eigenvalue weighted by Crippen LogP contribution is 2.31. The van der Waals surface area contributed by atoms with Crippen molar-refractivity contribution in [3.63, 3.8) is 0 Å². The summed E-state index contributed by atoms with van der Waals surface area (Å²) < 4.78 is 0.899. The molecule has 0 saturated heterocycles. The van der Waals surface area contributed by atoms with Crippen molar-refractivity contribution in [2.75, 3.05) is 24.1 Å². The molecule has 0 aliphatic carbocycles. The van der Waals surface area contributed by atoms with Crippen molar-refractivity contribution in [2.24, 2.45) is 5.73 Å². The maximum absolute atomic E-state index is 5.99. The van der Waals surface area contributed by atoms with E-state index in [0.29, 0.717) is 13.1 Å². The first kappa shape index (κ1) is 11.2. The van der Waals surface area contributed by atoms with Crippen LogP contribution < -0.4 is 16.8 Å². The Hall–Kier alpha value is -1.33. The lowest BCUT2D eigenvalue weighted by molar-refractivity contribution is 1.02. The van der Waals surface area contributed by atoms with Crippen LogP contribution in [0.3, 0.4) is 0 Å². The molecule has 4 nitrogen and oxygen atoms in total. The van der Waals surface area contributed by atoms with E-state index in [0.717, 1.165) is 26.8 Å². The molecule has 5 N–H and O–H groups in total. The monoisotopic (exact) mass is 280 g/mol. The molecular formula is C11H13BrN4. The quantitative estimate of drug-likeness (QED) is 0.751. The minimum absolute atomic E-state index is 0.573. The topological polar surface area (TPSA) is 77.0 Å². The molecule has 5 heteroatoms. The van der Waals surface area contributed by atoms with Gasteiger partial charge in [0.2, 0.25) is 0 Å². The van der Waals surface area contributed by atoms with Crippen molar-refractivity contribution in [3.05, 3.63) is 28.9 Å². The lowest BCUT2D eigenvalue weighted by Crippen LogP contribution is -2.14. The van der Waals surface area contributed by atoms with Gasteiger partial charge in [0.05, 0.1) is 5.69 Å². The van der Waals surface area contributed by atoms with Crippen LogP contribution in [0.4, 0.5) is 11.5 Å². The van der Waals surface area contributed by atoms with Crippen LogP contribution in [-0.2, 0) is 0 Å². The number of nitrogens with two attached hydrogens (primary N) is 2. The van der Waals surface area contributed by atoms with Gasteiger partial charge in [-0.15, -0.1) is 0 Å². The molecule has 1 aromatic heterocycles. The molecule has 0 atom stereocenters. The van der Waals surface area contributed by atoms with E-state index >= 15 is 0 Å². The summed E-state index contributed by atoms with van der Waals surface area (Å²) in [6.45, 7) is 1.27. The molecule has 0 bridgehead atoms. The average molecular weight is 281 g/mol. The highest BCUT2D eigenvalue weighted by atomic mass is 79.9. The zero-order valence-electron chi connectivity index (χ0n) is 8.70. The molecule has 0 fully saturated rings. The normalized spacial score (nSPS) is 10.6. The molecule has 0 amide bonds. The molecule has 2 aromatic rings. The van der Waals surface area contributed by atoms with Crippen LogP contribution in [0.15, 0.2) is 28.9 Å². The summed E-state index contributed by atoms with van der Waals surface area (Å²) >= 11 is 3.41. The Balaban J connectivity index is 2.56. The first-order valence-electron chi connectivity index (χ1n) is 5.00. The number of nitrogens with zero attached hydrogens (tertiary/aromatic N) is 1. The van der Waals surface area contributed by atoms with E-state index in [-0.39, 0.29) is 0 Å². The Labute approximate surface area is 102 Å². The average Bonchev–Trinajstić information content (AvgIpc) is 2.31. The van der Waals surface area contributed by atoms with Crippen LogP contribution in [0.2, 0.25) is 0 Å². The lowest BCUT2D eigenvalue weighted by Gasteiger charge is -2.09. The fourth-order valence-corrected chi connectivity index (χ4v) is 1.93. The third-order valence-electron chi connectivity index (χ3n) is 2.37. The van der Waals surface area contributed by atoms with Crippen LogP contribution in [0.25, 0.3) is 10.8 Å². The predicted molar refractivity (Wildman–Crippen MR) is 71.4 cm³/mol. The number of fused-ring (bicyclic) bond motifs is 1. The number of benzene rings is 1. The number of hydrogen-bond acceptors (Lipinski definition) is 4. The van der Waals surface area contributed by atoms with Crippen molar-refractivity contribution in [3.8, 4) is 0 Å². The van der Waals surface area contributed by atoms with E-state index < -0.39 is 0 Å². The van der Waals surface area contributed by atoms with Gasteiger partial charge in [-0.3, -0.25) is 0 Å². The summed E-state index contributed by atoms with van der Waals surface area (Å²) in [6, 6.07) is 5.82. The van der Waals surface area contributed by atoms with E-state index in [1.54, 1.807) is 6.20 Å². The fourth-order valence-electron chi connectivity index (χ4n) is 1.58. The molecule has 0 radical (unpaired) electrons. The van der Waals surface area contributed by atoms with Gasteiger partial charge in [-0.25, -0.2) is 4.98 Å². The number of nitrogen functional groups attached to an aromatic ring is 1. The Kier molecular flexibility index (Phi) is 3.26. The number of rotatable bonds is 3. The summed E-state index contributed by atoms with van der Waals surface area (Å²) in [6.07, 6.45) is 1.74. The number of halogens is 1. The molecular weight excluding hydrogens is 268 g/mol. The molecule has 16 heavy (non-hydrogen) atoms. The van der Waals surface area contributed by atoms with Gasteiger partial charge in [0, 0.05) is 34.5 Å². The fraction of sp³-hybridized carbons (Fsp3) is 0.182. The van der Waals surface area contributed by atoms with E-state index in [9.17, 15) is 0 Å². The van der Waals surface area contributed by atoms with E-state index in [2.05, 4.69) is 26.2 Å². The first-order chi connectivity index (χ1) is 7.74. The third kappa shape index (κ3) is 1.96. The zero-order valence-corrected chi connectivity index (χ0v) is 10.3. The highest BCUT2D eigenvalue weighted by Gasteiger charge is 2.06. The number of anilines is 2. The molecule has 1 heterocycles. The van der Waals surface area contributed by atoms with Crippen LogP contribution in [0.5, 0.6) is 0 Å². The van der Waals surface area contributed by atoms with Crippen LogP contribution in [-0.4, -0.2) is 18.1 Å². The number of aromatic nitrogens is 1. The SMILES string of the molecule is NCCNc1nccc2c(N)c(Br)ccc12. The van der Waals surface area contributed by atoms with Gasteiger partial charge in [-0.1, -0.05) is 0 Å². The van der Waals surface area contributed by atoms with Crippen molar-refractivity contribution < 1.29 is 0 Å². The molecule has 2 rings (SSSR count). The van der Waals surface area contributed by atoms with E-state index in [1.165, 1.54) is 0 Å². The number of nitrogens with one attached hydrogen (secondary N) is 1. The van der Waals surface area contributed by atoms with Gasteiger partial charge in [0.25, 0.3) is 0 Å². The van der Waals surface area contributed by atoms with Crippen LogP contribution >= 0.6 is 15.9 Å². The second-order valence-corrected chi connectivity index (χ2v) is 4.29. The van der Waals surface area contributed by atoms with Gasteiger partial charge < -0.3 is 16.8 Å². The number of pyridine rings is 1. The van der Waals surface area contributed by atoms with Gasteiger partial charge >= 0.3 is 0 Å². The third-order valence-corrected chi connectivity index (χ3v) is 3.06. The summed E-state index contributed by atoms with van der Waals surface area (Å²) in [5, 5.41) is 5.18. The first-order valence-corrected chi connectivity index (χ1v) is 5.80. The summed E-state index contributed by atoms with van der Waals surface area (Å²) in [5.74, 6) is 0.821. The largest absolute Gasteiger partial charge is 0.397 e. The Bertz CT molecular complexity index is 513. The maximum atomic E-state index is 5.99. The molecule has 0 unspecified atom stereocenters. The van der Waals surface area contributed by atoms with E-state index in [1.807, 2.05) is 18.2 Å². The summed E-state index contributed by atoms with van der Waals surface area (Å²) in [7, 11) is 0. The van der Waals surface area contributed by atoms with Crippen molar-refractivity contribution in [1.29, 1.82) is 0 Å². The molecule has 1 aromatic carbocycles. The Morgan fingerprint density at radius 1 is 1.25 bits per heavy atom. The Morgan fingerprint density at radius 3 is 2.81 bits per heavy atom. The van der Waals surface area contributed by atoms with Gasteiger partial charge in [-0.2, -0.15) is 0 Å². The van der Waals surface area contributed by atoms with Gasteiger partial charge in [-0.05, 0) is 34.1 Å². The second-order valence-electron chi connectivity index (χ2n) is 3.43. The van der Waals surface area contributed by atoms with Gasteiger partial charge in [0.1, 0.15) is 5.82 Å².